The predicted molar refractivity (Wildman–Crippen MR) is 215 cm³/mol. The number of hydrogen-bond acceptors (Lipinski definition) is 4. The van der Waals surface area contributed by atoms with E-state index in [0.29, 0.717) is 17.1 Å². The first kappa shape index (κ1) is 30.7. The number of rotatable bonds is 4. The number of aromatic nitrogens is 4. The normalized spacial score (nSPS) is 12.4. The number of ether oxygens (including phenoxy) is 1. The van der Waals surface area contributed by atoms with Crippen molar-refractivity contribution in [1.82, 2.24) is 14.1 Å². The minimum absolute atomic E-state index is 0.0263. The molecule has 0 fully saturated rings. The second-order valence-corrected chi connectivity index (χ2v) is 15.1. The molecule has 0 radical (unpaired) electrons. The zero-order chi connectivity index (χ0) is 36.3. The van der Waals surface area contributed by atoms with E-state index >= 15 is 0 Å². The number of benzene rings is 6. The Hall–Kier alpha value is -6.86. The third kappa shape index (κ3) is 4.48. The van der Waals surface area contributed by atoms with E-state index in [4.69, 9.17) is 18.6 Å². The van der Waals surface area contributed by atoms with Crippen LogP contribution in [0.3, 0.4) is 0 Å². The Bertz CT molecular complexity index is 3310. The van der Waals surface area contributed by atoms with Crippen LogP contribution in [0.5, 0.6) is 11.5 Å². The molecule has 0 bridgehead atoms. The number of aryl methyl sites for hydroxylation is 1. The SMILES string of the molecule is C[n+]1[c-]n(-c2cc(Oc3ccc4c5ccccc5n(-c5cc(C(C)(C)C)ccn5)c4c3)c3oc4c(ccc5oc6ccccc6c54)c3c2)c2ccccc21. The van der Waals surface area contributed by atoms with Crippen molar-refractivity contribution in [1.29, 1.82) is 0 Å². The van der Waals surface area contributed by atoms with Crippen LogP contribution in [0, 0.1) is 6.33 Å². The highest BCUT2D eigenvalue weighted by Crippen LogP contribution is 2.44. The summed E-state index contributed by atoms with van der Waals surface area (Å²) in [6.45, 7) is 6.68. The summed E-state index contributed by atoms with van der Waals surface area (Å²) in [6.07, 6.45) is 5.42. The Morgan fingerprint density at radius 2 is 1.41 bits per heavy atom. The van der Waals surface area contributed by atoms with Gasteiger partial charge in [-0.15, -0.1) is 0 Å². The van der Waals surface area contributed by atoms with Crippen molar-refractivity contribution in [2.75, 3.05) is 0 Å². The summed E-state index contributed by atoms with van der Waals surface area (Å²) in [5, 5.41) is 6.17. The summed E-state index contributed by atoms with van der Waals surface area (Å²) >= 11 is 0. The van der Waals surface area contributed by atoms with Gasteiger partial charge in [-0.3, -0.25) is 4.57 Å². The lowest BCUT2D eigenvalue weighted by Gasteiger charge is -2.20. The fourth-order valence-electron chi connectivity index (χ4n) is 8.09. The van der Waals surface area contributed by atoms with Crippen molar-refractivity contribution >= 4 is 76.7 Å². The molecular weight excluding hydrogens is 669 g/mol. The molecule has 11 aromatic rings. The first-order valence-electron chi connectivity index (χ1n) is 18.2. The van der Waals surface area contributed by atoms with Gasteiger partial charge in [0.15, 0.2) is 11.3 Å². The van der Waals surface area contributed by atoms with Crippen LogP contribution in [0.25, 0.3) is 88.2 Å². The van der Waals surface area contributed by atoms with E-state index in [9.17, 15) is 0 Å². The van der Waals surface area contributed by atoms with Crippen molar-refractivity contribution in [2.45, 2.75) is 26.2 Å². The number of fused-ring (bicyclic) bond motifs is 11. The Morgan fingerprint density at radius 1 is 0.648 bits per heavy atom. The topological polar surface area (TPSA) is 62.1 Å². The van der Waals surface area contributed by atoms with Crippen molar-refractivity contribution in [3.8, 4) is 23.0 Å². The molecule has 11 rings (SSSR count). The van der Waals surface area contributed by atoms with Crippen LogP contribution in [0.2, 0.25) is 0 Å². The summed E-state index contributed by atoms with van der Waals surface area (Å²) in [6, 6.07) is 43.8. The highest BCUT2D eigenvalue weighted by Gasteiger charge is 2.22. The fourth-order valence-corrected chi connectivity index (χ4v) is 8.09. The molecule has 54 heavy (non-hydrogen) atoms. The predicted octanol–water partition coefficient (Wildman–Crippen LogP) is 11.6. The molecule has 0 saturated carbocycles. The first-order valence-corrected chi connectivity index (χ1v) is 18.2. The van der Waals surface area contributed by atoms with Gasteiger partial charge in [0.2, 0.25) is 6.33 Å². The summed E-state index contributed by atoms with van der Waals surface area (Å²) in [7, 11) is 2.02. The molecule has 0 N–H and O–H groups in total. The van der Waals surface area contributed by atoms with Gasteiger partial charge >= 0.3 is 0 Å². The van der Waals surface area contributed by atoms with Gasteiger partial charge in [0.1, 0.15) is 28.3 Å². The van der Waals surface area contributed by atoms with E-state index in [2.05, 4.69) is 121 Å². The maximum absolute atomic E-state index is 6.97. The van der Waals surface area contributed by atoms with Gasteiger partial charge < -0.3 is 22.7 Å². The fraction of sp³-hybridized carbons (Fsp3) is 0.106. The largest absolute Gasteiger partial charge is 0.456 e. The molecule has 7 nitrogen and oxygen atoms in total. The summed E-state index contributed by atoms with van der Waals surface area (Å²) < 4.78 is 26.4. The van der Waals surface area contributed by atoms with Gasteiger partial charge in [-0.1, -0.05) is 81.4 Å². The van der Waals surface area contributed by atoms with Crippen LogP contribution in [0.4, 0.5) is 0 Å². The highest BCUT2D eigenvalue weighted by molar-refractivity contribution is 6.22. The first-order chi connectivity index (χ1) is 26.3. The molecule has 0 aliphatic heterocycles. The van der Waals surface area contributed by atoms with E-state index in [1.165, 1.54) is 5.56 Å². The maximum atomic E-state index is 6.97. The van der Waals surface area contributed by atoms with E-state index in [-0.39, 0.29) is 5.41 Å². The summed E-state index contributed by atoms with van der Waals surface area (Å²) in [5.74, 6) is 2.15. The third-order valence-corrected chi connectivity index (χ3v) is 10.7. The lowest BCUT2D eigenvalue weighted by molar-refractivity contribution is -0.649. The zero-order valence-electron chi connectivity index (χ0n) is 30.2. The molecule has 0 aliphatic carbocycles. The van der Waals surface area contributed by atoms with Gasteiger partial charge in [0.25, 0.3) is 0 Å². The standard InChI is InChI=1S/C47H34N4O3/c1-47(2,3)28-21-22-48-43(23-28)51-36-13-7-5-11-31(36)32-18-17-30(26-39(32)51)52-42-25-29(50-27-49(4)37-14-8-9-15-38(37)50)24-35-33-19-20-41-44(46(33)54-45(35)42)34-12-6-10-16-40(34)53-41/h5-26H,1-4H3. The van der Waals surface area contributed by atoms with Crippen molar-refractivity contribution in [2.24, 2.45) is 7.05 Å². The third-order valence-electron chi connectivity index (χ3n) is 10.7. The monoisotopic (exact) mass is 702 g/mol. The van der Waals surface area contributed by atoms with Crippen LogP contribution >= 0.6 is 0 Å². The quantitative estimate of drug-likeness (QED) is 0.135. The van der Waals surface area contributed by atoms with Crippen molar-refractivity contribution < 1.29 is 18.1 Å². The Labute approximate surface area is 309 Å². The van der Waals surface area contributed by atoms with Crippen LogP contribution in [-0.2, 0) is 12.5 Å². The van der Waals surface area contributed by atoms with Gasteiger partial charge in [-0.25, -0.2) is 4.98 Å². The molecule has 260 valence electrons. The number of para-hydroxylation sites is 4. The maximum Gasteiger partial charge on any atom is 0.244 e. The second-order valence-electron chi connectivity index (χ2n) is 15.1. The zero-order valence-corrected chi connectivity index (χ0v) is 30.2. The van der Waals surface area contributed by atoms with Crippen LogP contribution in [-0.4, -0.2) is 14.1 Å². The molecule has 5 aromatic heterocycles. The van der Waals surface area contributed by atoms with Crippen LogP contribution in [0.15, 0.2) is 142 Å². The molecule has 0 amide bonds. The average Bonchev–Trinajstić information content (AvgIpc) is 3.93. The van der Waals surface area contributed by atoms with Crippen molar-refractivity contribution in [3.63, 3.8) is 0 Å². The number of furan rings is 2. The molecule has 5 heterocycles. The highest BCUT2D eigenvalue weighted by atomic mass is 16.5. The summed E-state index contributed by atoms with van der Waals surface area (Å²) in [4.78, 5) is 4.88. The van der Waals surface area contributed by atoms with Gasteiger partial charge in [0, 0.05) is 39.2 Å². The molecule has 0 unspecified atom stereocenters. The molecule has 7 heteroatoms. The Balaban J connectivity index is 1.16. The second kappa shape index (κ2) is 11.1. The molecule has 6 aromatic carbocycles. The molecule has 0 saturated heterocycles. The van der Waals surface area contributed by atoms with E-state index in [1.807, 2.05) is 60.3 Å². The molecule has 0 spiro atoms. The lowest BCUT2D eigenvalue weighted by Crippen LogP contribution is -2.26. The molecule has 0 aliphatic rings. The minimum atomic E-state index is -0.0263. The van der Waals surface area contributed by atoms with Crippen molar-refractivity contribution in [3.05, 3.63) is 145 Å². The summed E-state index contributed by atoms with van der Waals surface area (Å²) in [5.41, 5.74) is 9.34. The molecular formula is C47H34N4O3. The smallest absolute Gasteiger partial charge is 0.244 e. The van der Waals surface area contributed by atoms with Gasteiger partial charge in [-0.2, -0.15) is 0 Å². The lowest BCUT2D eigenvalue weighted by atomic mass is 9.88. The van der Waals surface area contributed by atoms with E-state index < -0.39 is 0 Å². The van der Waals surface area contributed by atoms with E-state index in [0.717, 1.165) is 82.6 Å². The number of nitrogens with zero attached hydrogens (tertiary/aromatic N) is 4. The number of pyridine rings is 1. The van der Waals surface area contributed by atoms with Crippen LogP contribution in [0.1, 0.15) is 26.3 Å². The number of imidazole rings is 1. The Kier molecular flexibility index (Phi) is 6.30. The van der Waals surface area contributed by atoms with Gasteiger partial charge in [-0.05, 0) is 71.6 Å². The van der Waals surface area contributed by atoms with Crippen LogP contribution < -0.4 is 9.30 Å². The van der Waals surface area contributed by atoms with E-state index in [1.54, 1.807) is 0 Å². The average molecular weight is 703 g/mol. The minimum Gasteiger partial charge on any atom is -0.456 e. The Morgan fingerprint density at radius 3 is 2.28 bits per heavy atom. The molecule has 0 atom stereocenters. The van der Waals surface area contributed by atoms with Gasteiger partial charge in [0.05, 0.1) is 40.2 Å². The number of hydrogen-bond donors (Lipinski definition) is 0.